The SMILES string of the molecule is O=C(c1ccc(F)cc1)c1ccoc1. The molecule has 0 saturated carbocycles. The fraction of sp³-hybridized carbons (Fsp3) is 0. The van der Waals surface area contributed by atoms with Crippen molar-refractivity contribution in [2.45, 2.75) is 0 Å². The molecule has 0 spiro atoms. The Balaban J connectivity index is 2.33. The number of rotatable bonds is 2. The average molecular weight is 190 g/mol. The van der Waals surface area contributed by atoms with Crippen LogP contribution in [0.15, 0.2) is 47.3 Å². The zero-order chi connectivity index (χ0) is 9.97. The number of halogens is 1. The van der Waals surface area contributed by atoms with E-state index in [0.717, 1.165) is 0 Å². The second kappa shape index (κ2) is 3.46. The molecular formula is C11H7FO2. The minimum atomic E-state index is -0.353. The van der Waals surface area contributed by atoms with Crippen molar-refractivity contribution in [3.8, 4) is 0 Å². The van der Waals surface area contributed by atoms with Gasteiger partial charge in [0.25, 0.3) is 0 Å². The molecule has 0 aliphatic rings. The molecule has 0 amide bonds. The van der Waals surface area contributed by atoms with E-state index in [1.807, 2.05) is 0 Å². The van der Waals surface area contributed by atoms with Gasteiger partial charge in [0.05, 0.1) is 11.8 Å². The first kappa shape index (κ1) is 8.69. The highest BCUT2D eigenvalue weighted by Crippen LogP contribution is 2.10. The van der Waals surface area contributed by atoms with E-state index in [4.69, 9.17) is 4.42 Å². The van der Waals surface area contributed by atoms with Crippen molar-refractivity contribution in [1.82, 2.24) is 0 Å². The Kier molecular flexibility index (Phi) is 2.14. The van der Waals surface area contributed by atoms with Crippen LogP contribution in [0.3, 0.4) is 0 Å². The smallest absolute Gasteiger partial charge is 0.196 e. The number of ketones is 1. The minimum Gasteiger partial charge on any atom is -0.472 e. The maximum atomic E-state index is 12.6. The monoisotopic (exact) mass is 190 g/mol. The summed E-state index contributed by atoms with van der Waals surface area (Å²) >= 11 is 0. The van der Waals surface area contributed by atoms with E-state index in [2.05, 4.69) is 0 Å². The summed E-state index contributed by atoms with van der Waals surface area (Å²) < 4.78 is 17.3. The first-order valence-corrected chi connectivity index (χ1v) is 4.10. The van der Waals surface area contributed by atoms with E-state index < -0.39 is 0 Å². The van der Waals surface area contributed by atoms with Gasteiger partial charge in [-0.15, -0.1) is 0 Å². The Bertz CT molecular complexity index is 429. The predicted octanol–water partition coefficient (Wildman–Crippen LogP) is 2.65. The van der Waals surface area contributed by atoms with Crippen LogP contribution in [0.5, 0.6) is 0 Å². The van der Waals surface area contributed by atoms with E-state index in [1.165, 1.54) is 36.8 Å². The van der Waals surface area contributed by atoms with Crippen molar-refractivity contribution in [3.05, 3.63) is 59.8 Å². The molecule has 2 rings (SSSR count). The van der Waals surface area contributed by atoms with Crippen LogP contribution >= 0.6 is 0 Å². The molecule has 0 bridgehead atoms. The predicted molar refractivity (Wildman–Crippen MR) is 48.5 cm³/mol. The summed E-state index contributed by atoms with van der Waals surface area (Å²) in [5, 5.41) is 0. The van der Waals surface area contributed by atoms with Gasteiger partial charge >= 0.3 is 0 Å². The molecule has 70 valence electrons. The summed E-state index contributed by atoms with van der Waals surface area (Å²) in [5.74, 6) is -0.521. The summed E-state index contributed by atoms with van der Waals surface area (Å²) in [6.45, 7) is 0. The van der Waals surface area contributed by atoms with Crippen LogP contribution in [-0.2, 0) is 0 Å². The lowest BCUT2D eigenvalue weighted by Crippen LogP contribution is -1.98. The molecule has 0 aliphatic heterocycles. The number of carbonyl (C=O) groups excluding carboxylic acids is 1. The Morgan fingerprint density at radius 3 is 2.36 bits per heavy atom. The van der Waals surface area contributed by atoms with E-state index in [9.17, 15) is 9.18 Å². The fourth-order valence-corrected chi connectivity index (χ4v) is 1.16. The van der Waals surface area contributed by atoms with Crippen LogP contribution in [0, 0.1) is 5.82 Å². The molecule has 0 fully saturated rings. The lowest BCUT2D eigenvalue weighted by atomic mass is 10.1. The highest BCUT2D eigenvalue weighted by Gasteiger charge is 2.09. The second-order valence-corrected chi connectivity index (χ2v) is 2.85. The van der Waals surface area contributed by atoms with Gasteiger partial charge in [-0.1, -0.05) is 0 Å². The number of furan rings is 1. The highest BCUT2D eigenvalue weighted by molar-refractivity contribution is 6.08. The maximum absolute atomic E-state index is 12.6. The summed E-state index contributed by atoms with van der Waals surface area (Å²) in [6.07, 6.45) is 2.79. The van der Waals surface area contributed by atoms with Crippen LogP contribution in [0.1, 0.15) is 15.9 Å². The summed E-state index contributed by atoms with van der Waals surface area (Å²) in [7, 11) is 0. The van der Waals surface area contributed by atoms with Crippen molar-refractivity contribution >= 4 is 5.78 Å². The van der Waals surface area contributed by atoms with E-state index >= 15 is 0 Å². The van der Waals surface area contributed by atoms with Crippen LogP contribution in [0.25, 0.3) is 0 Å². The molecule has 1 heterocycles. The molecule has 0 atom stereocenters. The van der Waals surface area contributed by atoms with Gasteiger partial charge in [-0.2, -0.15) is 0 Å². The Hall–Kier alpha value is -1.90. The number of carbonyl (C=O) groups is 1. The quantitative estimate of drug-likeness (QED) is 0.681. The summed E-state index contributed by atoms with van der Waals surface area (Å²) in [4.78, 5) is 11.6. The molecule has 0 radical (unpaired) electrons. The van der Waals surface area contributed by atoms with Crippen molar-refractivity contribution < 1.29 is 13.6 Å². The Morgan fingerprint density at radius 1 is 1.07 bits per heavy atom. The second-order valence-electron chi connectivity index (χ2n) is 2.85. The van der Waals surface area contributed by atoms with E-state index in [1.54, 1.807) is 6.07 Å². The van der Waals surface area contributed by atoms with Crippen LogP contribution in [-0.4, -0.2) is 5.78 Å². The first-order valence-electron chi connectivity index (χ1n) is 4.10. The molecule has 1 aromatic carbocycles. The van der Waals surface area contributed by atoms with Gasteiger partial charge in [0.15, 0.2) is 5.78 Å². The maximum Gasteiger partial charge on any atom is 0.196 e. The fourth-order valence-electron chi connectivity index (χ4n) is 1.16. The molecule has 0 N–H and O–H groups in total. The summed E-state index contributed by atoms with van der Waals surface area (Å²) in [6, 6.07) is 6.99. The molecule has 0 saturated heterocycles. The average Bonchev–Trinajstić information content (AvgIpc) is 2.71. The standard InChI is InChI=1S/C11H7FO2/c12-10-3-1-8(2-4-10)11(13)9-5-6-14-7-9/h1-7H. The number of benzene rings is 1. The topological polar surface area (TPSA) is 30.2 Å². The van der Waals surface area contributed by atoms with E-state index in [-0.39, 0.29) is 11.6 Å². The van der Waals surface area contributed by atoms with Gasteiger partial charge in [0.2, 0.25) is 0 Å². The molecule has 1 aromatic heterocycles. The molecule has 3 heteroatoms. The number of hydrogen-bond donors (Lipinski definition) is 0. The third-order valence-electron chi connectivity index (χ3n) is 1.89. The van der Waals surface area contributed by atoms with Gasteiger partial charge in [0.1, 0.15) is 12.1 Å². The Labute approximate surface area is 80.0 Å². The molecule has 2 aromatic rings. The molecule has 0 unspecified atom stereocenters. The molecule has 2 nitrogen and oxygen atoms in total. The van der Waals surface area contributed by atoms with Gasteiger partial charge in [-0.05, 0) is 30.3 Å². The molecule has 0 aliphatic carbocycles. The van der Waals surface area contributed by atoms with Crippen LogP contribution in [0.4, 0.5) is 4.39 Å². The van der Waals surface area contributed by atoms with Gasteiger partial charge in [-0.25, -0.2) is 4.39 Å². The van der Waals surface area contributed by atoms with Gasteiger partial charge < -0.3 is 4.42 Å². The summed E-state index contributed by atoms with van der Waals surface area (Å²) in [5.41, 5.74) is 0.921. The van der Waals surface area contributed by atoms with Crippen molar-refractivity contribution in [3.63, 3.8) is 0 Å². The minimum absolute atomic E-state index is 0.168. The van der Waals surface area contributed by atoms with Gasteiger partial charge in [0, 0.05) is 5.56 Å². The van der Waals surface area contributed by atoms with Gasteiger partial charge in [-0.3, -0.25) is 4.79 Å². The number of hydrogen-bond acceptors (Lipinski definition) is 2. The normalized spacial score (nSPS) is 10.1. The highest BCUT2D eigenvalue weighted by atomic mass is 19.1. The van der Waals surface area contributed by atoms with Crippen molar-refractivity contribution in [2.75, 3.05) is 0 Å². The van der Waals surface area contributed by atoms with Crippen LogP contribution in [0.2, 0.25) is 0 Å². The lowest BCUT2D eigenvalue weighted by Gasteiger charge is -1.96. The zero-order valence-corrected chi connectivity index (χ0v) is 7.24. The molecule has 14 heavy (non-hydrogen) atoms. The third kappa shape index (κ3) is 1.57. The van der Waals surface area contributed by atoms with Crippen molar-refractivity contribution in [2.24, 2.45) is 0 Å². The van der Waals surface area contributed by atoms with Crippen molar-refractivity contribution in [1.29, 1.82) is 0 Å². The van der Waals surface area contributed by atoms with Crippen LogP contribution < -0.4 is 0 Å². The zero-order valence-electron chi connectivity index (χ0n) is 7.24. The van der Waals surface area contributed by atoms with E-state index in [0.29, 0.717) is 11.1 Å². The lowest BCUT2D eigenvalue weighted by molar-refractivity contribution is 0.103. The Morgan fingerprint density at radius 2 is 1.79 bits per heavy atom. The largest absolute Gasteiger partial charge is 0.472 e. The first-order chi connectivity index (χ1) is 6.77. The molecular weight excluding hydrogens is 183 g/mol. The third-order valence-corrected chi connectivity index (χ3v) is 1.89.